The first-order chi connectivity index (χ1) is 14.0. The Morgan fingerprint density at radius 1 is 0.897 bits per heavy atom. The predicted molar refractivity (Wildman–Crippen MR) is 113 cm³/mol. The Kier molecular flexibility index (Phi) is 6.57. The third-order valence-electron chi connectivity index (χ3n) is 4.23. The van der Waals surface area contributed by atoms with Crippen molar-refractivity contribution in [2.75, 3.05) is 37.5 Å². The Balaban J connectivity index is 1.56. The summed E-state index contributed by atoms with van der Waals surface area (Å²) in [5.41, 5.74) is 19.6. The number of aromatic nitrogens is 2. The first-order valence-electron chi connectivity index (χ1n) is 9.20. The minimum Gasteiger partial charge on any atom is -0.493 e. The lowest BCUT2D eigenvalue weighted by molar-refractivity contribution is 0.240. The van der Waals surface area contributed by atoms with Crippen molar-refractivity contribution in [1.29, 1.82) is 0 Å². The zero-order chi connectivity index (χ0) is 20.6. The van der Waals surface area contributed by atoms with Crippen LogP contribution in [0.5, 0.6) is 17.2 Å². The third-order valence-corrected chi connectivity index (χ3v) is 4.23. The second kappa shape index (κ2) is 9.50. The summed E-state index contributed by atoms with van der Waals surface area (Å²) in [6, 6.07) is 13.0. The smallest absolute Gasteiger partial charge is 0.221 e. The normalized spacial score (nSPS) is 10.5. The van der Waals surface area contributed by atoms with E-state index in [1.165, 1.54) is 0 Å². The highest BCUT2D eigenvalue weighted by molar-refractivity contribution is 5.48. The maximum Gasteiger partial charge on any atom is 0.221 e. The molecule has 1 aromatic heterocycles. The summed E-state index contributed by atoms with van der Waals surface area (Å²) in [6.45, 7) is 1.02. The van der Waals surface area contributed by atoms with Crippen LogP contribution < -0.4 is 31.4 Å². The molecule has 29 heavy (non-hydrogen) atoms. The van der Waals surface area contributed by atoms with Gasteiger partial charge < -0.3 is 31.4 Å². The van der Waals surface area contributed by atoms with Crippen LogP contribution in [0.2, 0.25) is 0 Å². The molecule has 0 amide bonds. The Labute approximate surface area is 169 Å². The molecule has 0 aliphatic heterocycles. The molecule has 0 saturated carbocycles. The fourth-order valence-corrected chi connectivity index (χ4v) is 2.73. The Morgan fingerprint density at radius 2 is 1.66 bits per heavy atom. The number of hydrogen-bond acceptors (Lipinski definition) is 8. The molecule has 152 valence electrons. The summed E-state index contributed by atoms with van der Waals surface area (Å²) in [6.07, 6.45) is 2.92. The molecule has 0 saturated heterocycles. The summed E-state index contributed by atoms with van der Waals surface area (Å²) >= 11 is 0. The molecular formula is C21H25N5O3. The number of hydrogen-bond donors (Lipinski definition) is 3. The number of nitrogen functional groups attached to an aromatic ring is 3. The second-order valence-corrected chi connectivity index (χ2v) is 6.42. The van der Waals surface area contributed by atoms with Crippen LogP contribution in [-0.4, -0.2) is 30.3 Å². The van der Waals surface area contributed by atoms with E-state index < -0.39 is 0 Å². The summed E-state index contributed by atoms with van der Waals surface area (Å²) in [5, 5.41) is 0. The van der Waals surface area contributed by atoms with Gasteiger partial charge in [0.05, 0.1) is 20.3 Å². The first kappa shape index (κ1) is 20.1. The van der Waals surface area contributed by atoms with Crippen molar-refractivity contribution in [3.05, 3.63) is 59.8 Å². The zero-order valence-corrected chi connectivity index (χ0v) is 16.3. The molecule has 3 aromatic rings. The number of anilines is 3. The minimum absolute atomic E-state index is 0.159. The molecule has 0 atom stereocenters. The lowest BCUT2D eigenvalue weighted by Crippen LogP contribution is -2.06. The average Bonchev–Trinajstić information content (AvgIpc) is 2.71. The summed E-state index contributed by atoms with van der Waals surface area (Å²) < 4.78 is 17.0. The molecule has 0 aliphatic rings. The van der Waals surface area contributed by atoms with Gasteiger partial charge in [0, 0.05) is 30.3 Å². The van der Waals surface area contributed by atoms with Crippen molar-refractivity contribution in [2.24, 2.45) is 0 Å². The number of ether oxygens (including phenoxy) is 3. The molecule has 0 unspecified atom stereocenters. The van der Waals surface area contributed by atoms with Gasteiger partial charge in [-0.2, -0.15) is 4.98 Å². The molecule has 6 N–H and O–H groups in total. The van der Waals surface area contributed by atoms with Gasteiger partial charge in [0.15, 0.2) is 11.5 Å². The van der Waals surface area contributed by atoms with Crippen LogP contribution in [0.4, 0.5) is 17.5 Å². The third kappa shape index (κ3) is 5.65. The molecule has 3 rings (SSSR count). The molecular weight excluding hydrogens is 370 g/mol. The number of nitrogens with two attached hydrogens (primary N) is 3. The monoisotopic (exact) mass is 395 g/mol. The average molecular weight is 395 g/mol. The quantitative estimate of drug-likeness (QED) is 0.372. The Bertz CT molecular complexity index is 948. The number of methoxy groups -OCH3 is 1. The van der Waals surface area contributed by atoms with Gasteiger partial charge in [0.2, 0.25) is 5.95 Å². The highest BCUT2D eigenvalue weighted by Crippen LogP contribution is 2.29. The van der Waals surface area contributed by atoms with Gasteiger partial charge in [-0.3, -0.25) is 0 Å². The fraction of sp³-hybridized carbons (Fsp3) is 0.238. The highest BCUT2D eigenvalue weighted by Gasteiger charge is 2.09. The maximum atomic E-state index is 5.93. The fourth-order valence-electron chi connectivity index (χ4n) is 2.73. The van der Waals surface area contributed by atoms with Crippen LogP contribution in [-0.2, 0) is 6.42 Å². The number of nitrogens with zero attached hydrogens (tertiary/aromatic N) is 2. The summed E-state index contributed by atoms with van der Waals surface area (Å²) in [7, 11) is 1.61. The molecule has 0 radical (unpaired) electrons. The Hall–Kier alpha value is -3.68. The van der Waals surface area contributed by atoms with E-state index in [4.69, 9.17) is 31.4 Å². The molecule has 2 aromatic carbocycles. The molecule has 8 nitrogen and oxygen atoms in total. The van der Waals surface area contributed by atoms with Gasteiger partial charge >= 0.3 is 0 Å². The Morgan fingerprint density at radius 3 is 2.38 bits per heavy atom. The van der Waals surface area contributed by atoms with Crippen molar-refractivity contribution < 1.29 is 14.2 Å². The standard InChI is InChI=1S/C21H25N5O3/c1-27-18-8-3-14(11-15-13-25-21(24)26-20(15)23)12-19(18)29-10-2-9-28-17-6-4-16(22)5-7-17/h3-8,12-13H,2,9-11,22H2,1H3,(H4,23,24,25,26). The van der Waals surface area contributed by atoms with E-state index in [9.17, 15) is 0 Å². The van der Waals surface area contributed by atoms with Crippen LogP contribution in [0.15, 0.2) is 48.7 Å². The first-order valence-corrected chi connectivity index (χ1v) is 9.20. The van der Waals surface area contributed by atoms with Crippen LogP contribution >= 0.6 is 0 Å². The second-order valence-electron chi connectivity index (χ2n) is 6.42. The van der Waals surface area contributed by atoms with Crippen molar-refractivity contribution in [1.82, 2.24) is 9.97 Å². The SMILES string of the molecule is COc1ccc(Cc2cnc(N)nc2N)cc1OCCCOc1ccc(N)cc1. The van der Waals surface area contributed by atoms with Gasteiger partial charge in [-0.15, -0.1) is 0 Å². The molecule has 0 spiro atoms. The van der Waals surface area contributed by atoms with E-state index in [0.29, 0.717) is 42.6 Å². The van der Waals surface area contributed by atoms with E-state index in [1.54, 1.807) is 25.4 Å². The largest absolute Gasteiger partial charge is 0.493 e. The van der Waals surface area contributed by atoms with Crippen molar-refractivity contribution in [3.63, 3.8) is 0 Å². The van der Waals surface area contributed by atoms with Crippen LogP contribution in [0.1, 0.15) is 17.5 Å². The summed E-state index contributed by atoms with van der Waals surface area (Å²) in [4.78, 5) is 8.00. The van der Waals surface area contributed by atoms with E-state index in [-0.39, 0.29) is 5.95 Å². The van der Waals surface area contributed by atoms with Crippen LogP contribution in [0.25, 0.3) is 0 Å². The van der Waals surface area contributed by atoms with Gasteiger partial charge in [-0.25, -0.2) is 4.98 Å². The molecule has 0 bridgehead atoms. The number of rotatable bonds is 9. The van der Waals surface area contributed by atoms with Gasteiger partial charge in [-0.05, 0) is 42.0 Å². The van der Waals surface area contributed by atoms with E-state index in [1.807, 2.05) is 30.3 Å². The lowest BCUT2D eigenvalue weighted by atomic mass is 10.1. The van der Waals surface area contributed by atoms with Crippen LogP contribution in [0, 0.1) is 0 Å². The minimum atomic E-state index is 0.159. The lowest BCUT2D eigenvalue weighted by Gasteiger charge is -2.13. The molecule has 1 heterocycles. The molecule has 0 aliphatic carbocycles. The van der Waals surface area contributed by atoms with Crippen molar-refractivity contribution in [3.8, 4) is 17.2 Å². The van der Waals surface area contributed by atoms with E-state index in [0.717, 1.165) is 23.3 Å². The predicted octanol–water partition coefficient (Wildman–Crippen LogP) is 2.67. The topological polar surface area (TPSA) is 132 Å². The zero-order valence-electron chi connectivity index (χ0n) is 16.3. The van der Waals surface area contributed by atoms with Crippen molar-refractivity contribution in [2.45, 2.75) is 12.8 Å². The van der Waals surface area contributed by atoms with Crippen molar-refractivity contribution >= 4 is 17.5 Å². The van der Waals surface area contributed by atoms with Gasteiger partial charge in [0.25, 0.3) is 0 Å². The van der Waals surface area contributed by atoms with E-state index >= 15 is 0 Å². The van der Waals surface area contributed by atoms with Gasteiger partial charge in [-0.1, -0.05) is 6.07 Å². The maximum absolute atomic E-state index is 5.93. The highest BCUT2D eigenvalue weighted by atomic mass is 16.5. The van der Waals surface area contributed by atoms with Crippen LogP contribution in [0.3, 0.4) is 0 Å². The number of benzene rings is 2. The van der Waals surface area contributed by atoms with Gasteiger partial charge in [0.1, 0.15) is 11.6 Å². The molecule has 8 heteroatoms. The summed E-state index contributed by atoms with van der Waals surface area (Å²) in [5.74, 6) is 2.63. The van der Waals surface area contributed by atoms with E-state index in [2.05, 4.69) is 9.97 Å². The molecule has 0 fully saturated rings.